The summed E-state index contributed by atoms with van der Waals surface area (Å²) in [6.07, 6.45) is 0.397. The number of hydrogen-bond donors (Lipinski definition) is 2. The average Bonchev–Trinajstić information content (AvgIpc) is 3.27. The molecule has 1 fully saturated rings. The van der Waals surface area contributed by atoms with Crippen molar-refractivity contribution in [1.29, 1.82) is 0 Å². The standard InChI is InChI=1S/C29H27Cl2N3O4/c1-18-24(15-34-17-32-26(30)27(34)31)37-29(38-25(18)20-9-7-19(16-35)8-10-20)22-11-13-23(14-12-22)33-28(36)21-5-3-2-4-6-21/h2-14,17-18,24-25,29,35H,15-16H2,1H3,(H,33,36)/t18-,24+,25+,29+/m1/s1. The number of benzene rings is 3. The second-order valence-corrected chi connectivity index (χ2v) is 9.96. The number of aliphatic hydroxyl groups excluding tert-OH is 1. The molecule has 0 unspecified atom stereocenters. The molecule has 2 N–H and O–H groups in total. The van der Waals surface area contributed by atoms with E-state index in [0.29, 0.717) is 22.9 Å². The van der Waals surface area contributed by atoms with Gasteiger partial charge in [-0.1, -0.05) is 84.7 Å². The number of carbonyl (C=O) groups is 1. The number of carbonyl (C=O) groups excluding carboxylic acids is 1. The van der Waals surface area contributed by atoms with E-state index < -0.39 is 6.29 Å². The second-order valence-electron chi connectivity index (χ2n) is 9.24. The quantitative estimate of drug-likeness (QED) is 0.276. The summed E-state index contributed by atoms with van der Waals surface area (Å²) in [4.78, 5) is 16.6. The first-order valence-corrected chi connectivity index (χ1v) is 13.0. The van der Waals surface area contributed by atoms with Gasteiger partial charge in [-0.05, 0) is 35.4 Å². The number of nitrogens with zero attached hydrogens (tertiary/aromatic N) is 2. The third-order valence-electron chi connectivity index (χ3n) is 6.71. The maximum atomic E-state index is 12.5. The molecule has 1 aromatic heterocycles. The van der Waals surface area contributed by atoms with Crippen molar-refractivity contribution in [3.63, 3.8) is 0 Å². The van der Waals surface area contributed by atoms with Gasteiger partial charge in [-0.25, -0.2) is 4.98 Å². The van der Waals surface area contributed by atoms with Crippen LogP contribution >= 0.6 is 23.2 Å². The summed E-state index contributed by atoms with van der Waals surface area (Å²) in [5.74, 6) is -0.215. The molecule has 0 bridgehead atoms. The fourth-order valence-corrected chi connectivity index (χ4v) is 4.82. The Hall–Kier alpha value is -3.20. The fraction of sp³-hybridized carbons (Fsp3) is 0.241. The summed E-state index contributed by atoms with van der Waals surface area (Å²) in [6.45, 7) is 2.49. The molecule has 0 saturated carbocycles. The molecule has 38 heavy (non-hydrogen) atoms. The maximum absolute atomic E-state index is 12.5. The highest BCUT2D eigenvalue weighted by atomic mass is 35.5. The van der Waals surface area contributed by atoms with E-state index in [9.17, 15) is 9.90 Å². The van der Waals surface area contributed by atoms with Crippen LogP contribution in [0.4, 0.5) is 5.69 Å². The highest BCUT2D eigenvalue weighted by Crippen LogP contribution is 2.42. The van der Waals surface area contributed by atoms with Gasteiger partial charge in [-0.15, -0.1) is 0 Å². The van der Waals surface area contributed by atoms with Gasteiger partial charge in [0, 0.05) is 22.7 Å². The van der Waals surface area contributed by atoms with E-state index in [4.69, 9.17) is 32.7 Å². The van der Waals surface area contributed by atoms with Crippen molar-refractivity contribution < 1.29 is 19.4 Å². The van der Waals surface area contributed by atoms with Crippen LogP contribution in [0.2, 0.25) is 10.3 Å². The number of aliphatic hydroxyl groups is 1. The largest absolute Gasteiger partial charge is 0.392 e. The van der Waals surface area contributed by atoms with Gasteiger partial charge in [0.1, 0.15) is 5.15 Å². The third-order valence-corrected chi connectivity index (χ3v) is 7.48. The van der Waals surface area contributed by atoms with Crippen molar-refractivity contribution in [2.75, 3.05) is 5.32 Å². The minimum absolute atomic E-state index is 0.0250. The number of ether oxygens (including phenoxy) is 2. The lowest BCUT2D eigenvalue weighted by atomic mass is 9.90. The van der Waals surface area contributed by atoms with E-state index >= 15 is 0 Å². The molecule has 4 atom stereocenters. The van der Waals surface area contributed by atoms with Crippen molar-refractivity contribution in [2.45, 2.75) is 38.6 Å². The summed E-state index contributed by atoms with van der Waals surface area (Å²) >= 11 is 12.4. The lowest BCUT2D eigenvalue weighted by Crippen LogP contribution is -2.39. The third kappa shape index (κ3) is 5.77. The van der Waals surface area contributed by atoms with Crippen LogP contribution < -0.4 is 5.32 Å². The fourth-order valence-electron chi connectivity index (χ4n) is 4.51. The Morgan fingerprint density at radius 3 is 2.29 bits per heavy atom. The number of aromatic nitrogens is 2. The second kappa shape index (κ2) is 11.7. The molecular weight excluding hydrogens is 525 g/mol. The van der Waals surface area contributed by atoms with Crippen LogP contribution in [-0.2, 0) is 22.6 Å². The Balaban J connectivity index is 1.38. The van der Waals surface area contributed by atoms with Crippen LogP contribution in [-0.4, -0.2) is 26.7 Å². The lowest BCUT2D eigenvalue weighted by molar-refractivity contribution is -0.276. The van der Waals surface area contributed by atoms with E-state index in [-0.39, 0.29) is 35.8 Å². The zero-order valence-corrected chi connectivity index (χ0v) is 22.1. The van der Waals surface area contributed by atoms with Crippen LogP contribution in [0.1, 0.15) is 46.4 Å². The summed E-state index contributed by atoms with van der Waals surface area (Å²) in [5, 5.41) is 13.0. The molecule has 196 valence electrons. The van der Waals surface area contributed by atoms with Crippen LogP contribution in [0, 0.1) is 5.92 Å². The molecule has 0 radical (unpaired) electrons. The number of rotatable bonds is 7. The van der Waals surface area contributed by atoms with Gasteiger partial charge in [0.15, 0.2) is 11.4 Å². The predicted octanol–water partition coefficient (Wildman–Crippen LogP) is 6.43. The molecule has 7 nitrogen and oxygen atoms in total. The molecular formula is C29H27Cl2N3O4. The van der Waals surface area contributed by atoms with Crippen molar-refractivity contribution >= 4 is 34.8 Å². The van der Waals surface area contributed by atoms with Crippen molar-refractivity contribution in [1.82, 2.24) is 9.55 Å². The summed E-state index contributed by atoms with van der Waals surface area (Å²) in [5.41, 5.74) is 3.87. The Morgan fingerprint density at radius 1 is 0.974 bits per heavy atom. The Kier molecular flexibility index (Phi) is 8.12. The maximum Gasteiger partial charge on any atom is 0.255 e. The molecule has 1 aliphatic heterocycles. The van der Waals surface area contributed by atoms with E-state index in [0.717, 1.165) is 16.7 Å². The highest BCUT2D eigenvalue weighted by molar-refractivity contribution is 6.40. The average molecular weight is 552 g/mol. The predicted molar refractivity (Wildman–Crippen MR) is 146 cm³/mol. The number of halogens is 2. The van der Waals surface area contributed by atoms with Gasteiger partial charge in [0.25, 0.3) is 5.91 Å². The zero-order chi connectivity index (χ0) is 26.6. The first-order chi connectivity index (χ1) is 18.4. The van der Waals surface area contributed by atoms with Crippen LogP contribution in [0.5, 0.6) is 0 Å². The van der Waals surface area contributed by atoms with Gasteiger partial charge in [-0.3, -0.25) is 4.79 Å². The van der Waals surface area contributed by atoms with E-state index in [1.54, 1.807) is 23.0 Å². The number of amides is 1. The van der Waals surface area contributed by atoms with Gasteiger partial charge < -0.3 is 24.5 Å². The van der Waals surface area contributed by atoms with Crippen LogP contribution in [0.3, 0.4) is 0 Å². The summed E-state index contributed by atoms with van der Waals surface area (Å²) in [7, 11) is 0. The SMILES string of the molecule is C[C@@H]1[C@H](Cn2cnc(Cl)c2Cl)O[C@H](c2ccc(NC(=O)c3ccccc3)cc2)O[C@@H]1c1ccc(CO)cc1. The molecule has 2 heterocycles. The van der Waals surface area contributed by atoms with Gasteiger partial charge in [0.2, 0.25) is 0 Å². The van der Waals surface area contributed by atoms with Gasteiger partial charge in [0.05, 0.1) is 31.7 Å². The summed E-state index contributed by atoms with van der Waals surface area (Å²) < 4.78 is 14.7. The number of imidazole rings is 1. The minimum atomic E-state index is -0.657. The highest BCUT2D eigenvalue weighted by Gasteiger charge is 2.38. The van der Waals surface area contributed by atoms with Crippen LogP contribution in [0.15, 0.2) is 85.2 Å². The molecule has 4 aromatic rings. The molecule has 0 spiro atoms. The van der Waals surface area contributed by atoms with Gasteiger partial charge >= 0.3 is 0 Å². The molecule has 1 amide bonds. The smallest absolute Gasteiger partial charge is 0.255 e. The first kappa shape index (κ1) is 26.4. The minimum Gasteiger partial charge on any atom is -0.392 e. The number of hydrogen-bond acceptors (Lipinski definition) is 5. The van der Waals surface area contributed by atoms with E-state index in [1.807, 2.05) is 66.7 Å². The molecule has 0 aliphatic carbocycles. The number of anilines is 1. The van der Waals surface area contributed by atoms with Crippen molar-refractivity contribution in [2.24, 2.45) is 5.92 Å². The molecule has 3 aromatic carbocycles. The molecule has 9 heteroatoms. The lowest BCUT2D eigenvalue weighted by Gasteiger charge is -2.41. The van der Waals surface area contributed by atoms with Crippen molar-refractivity contribution in [3.05, 3.63) is 118 Å². The molecule has 1 aliphatic rings. The van der Waals surface area contributed by atoms with Crippen LogP contribution in [0.25, 0.3) is 0 Å². The molecule has 5 rings (SSSR count). The van der Waals surface area contributed by atoms with E-state index in [1.165, 1.54) is 0 Å². The molecule has 1 saturated heterocycles. The van der Waals surface area contributed by atoms with E-state index in [2.05, 4.69) is 17.2 Å². The monoisotopic (exact) mass is 551 g/mol. The van der Waals surface area contributed by atoms with Crippen molar-refractivity contribution in [3.8, 4) is 0 Å². The zero-order valence-electron chi connectivity index (χ0n) is 20.6. The Bertz CT molecular complexity index is 1380. The Morgan fingerprint density at radius 2 is 1.66 bits per heavy atom. The topological polar surface area (TPSA) is 85.6 Å². The summed E-state index contributed by atoms with van der Waals surface area (Å²) in [6, 6.07) is 24.2. The number of nitrogens with one attached hydrogen (secondary N) is 1. The normalized spacial score (nSPS) is 21.3. The van der Waals surface area contributed by atoms with Gasteiger partial charge in [-0.2, -0.15) is 0 Å². The first-order valence-electron chi connectivity index (χ1n) is 12.3. The Labute approximate surface area is 230 Å².